The molecule has 5 heteroatoms. The normalized spacial score (nSPS) is 17.5. The quantitative estimate of drug-likeness (QED) is 0.872. The Bertz CT molecular complexity index is 673. The third-order valence-electron chi connectivity index (χ3n) is 3.67. The lowest BCUT2D eigenvalue weighted by molar-refractivity contribution is 0.0771. The van der Waals surface area contributed by atoms with E-state index in [1.54, 1.807) is 24.3 Å². The average Bonchev–Trinajstić information content (AvgIpc) is 2.96. The van der Waals surface area contributed by atoms with E-state index >= 15 is 0 Å². The van der Waals surface area contributed by atoms with Gasteiger partial charge in [-0.3, -0.25) is 4.79 Å². The zero-order valence-corrected chi connectivity index (χ0v) is 13.1. The summed E-state index contributed by atoms with van der Waals surface area (Å²) in [5.41, 5.74) is 1.57. The van der Waals surface area contributed by atoms with Crippen LogP contribution in [0.3, 0.4) is 0 Å². The topological polar surface area (TPSA) is 42.4 Å². The van der Waals surface area contributed by atoms with Gasteiger partial charge in [0.15, 0.2) is 0 Å². The highest BCUT2D eigenvalue weighted by Gasteiger charge is 2.28. The summed E-state index contributed by atoms with van der Waals surface area (Å²) in [4.78, 5) is 18.6. The van der Waals surface area contributed by atoms with Crippen molar-refractivity contribution >= 4 is 17.5 Å². The Morgan fingerprint density at radius 1 is 1.27 bits per heavy atom. The van der Waals surface area contributed by atoms with E-state index in [4.69, 9.17) is 16.3 Å². The first-order valence-corrected chi connectivity index (χ1v) is 7.65. The van der Waals surface area contributed by atoms with Crippen molar-refractivity contribution in [3.8, 4) is 5.88 Å². The molecule has 22 heavy (non-hydrogen) atoms. The highest BCUT2D eigenvalue weighted by Crippen LogP contribution is 2.19. The number of pyridine rings is 1. The number of ether oxygens (including phenoxy) is 1. The van der Waals surface area contributed by atoms with E-state index < -0.39 is 0 Å². The van der Waals surface area contributed by atoms with Gasteiger partial charge in [-0.2, -0.15) is 0 Å². The summed E-state index contributed by atoms with van der Waals surface area (Å²) in [7, 11) is 0. The Morgan fingerprint density at radius 3 is 2.77 bits per heavy atom. The van der Waals surface area contributed by atoms with E-state index in [1.165, 1.54) is 0 Å². The van der Waals surface area contributed by atoms with Crippen molar-refractivity contribution in [1.82, 2.24) is 9.88 Å². The fourth-order valence-electron chi connectivity index (χ4n) is 2.54. The second-order valence-corrected chi connectivity index (χ2v) is 5.84. The second-order valence-electron chi connectivity index (χ2n) is 5.40. The number of nitrogens with zero attached hydrogens (tertiary/aromatic N) is 2. The van der Waals surface area contributed by atoms with Gasteiger partial charge in [0.1, 0.15) is 6.10 Å². The van der Waals surface area contributed by atoms with Crippen LogP contribution in [0.5, 0.6) is 5.88 Å². The minimum Gasteiger partial charge on any atom is -0.472 e. The van der Waals surface area contributed by atoms with Crippen molar-refractivity contribution in [2.45, 2.75) is 19.4 Å². The molecule has 1 aromatic heterocycles. The van der Waals surface area contributed by atoms with Crippen molar-refractivity contribution in [2.24, 2.45) is 0 Å². The Labute approximate surface area is 134 Å². The molecular weight excluding hydrogens is 300 g/mol. The number of aryl methyl sites for hydroxylation is 1. The van der Waals surface area contributed by atoms with E-state index in [1.807, 2.05) is 30.0 Å². The lowest BCUT2D eigenvalue weighted by Crippen LogP contribution is -2.31. The number of likely N-dealkylation sites (tertiary alicyclic amines) is 1. The highest BCUT2D eigenvalue weighted by atomic mass is 35.5. The summed E-state index contributed by atoms with van der Waals surface area (Å²) in [6.45, 7) is 3.20. The molecule has 1 saturated heterocycles. The van der Waals surface area contributed by atoms with Gasteiger partial charge >= 0.3 is 0 Å². The summed E-state index contributed by atoms with van der Waals surface area (Å²) in [5, 5.41) is 0.629. The van der Waals surface area contributed by atoms with Gasteiger partial charge in [-0.15, -0.1) is 0 Å². The number of carbonyl (C=O) groups is 1. The molecule has 1 aromatic carbocycles. The Morgan fingerprint density at radius 2 is 2.05 bits per heavy atom. The first-order valence-electron chi connectivity index (χ1n) is 7.27. The zero-order chi connectivity index (χ0) is 15.5. The molecule has 0 spiro atoms. The van der Waals surface area contributed by atoms with Crippen molar-refractivity contribution in [2.75, 3.05) is 13.1 Å². The molecule has 0 saturated carbocycles. The molecule has 0 aliphatic carbocycles. The molecule has 2 aromatic rings. The Balaban J connectivity index is 1.62. The van der Waals surface area contributed by atoms with Crippen molar-refractivity contribution in [3.63, 3.8) is 0 Å². The van der Waals surface area contributed by atoms with Crippen LogP contribution in [0.15, 0.2) is 42.5 Å². The minimum atomic E-state index is -0.00875. The molecule has 0 radical (unpaired) electrons. The van der Waals surface area contributed by atoms with E-state index in [9.17, 15) is 4.79 Å². The summed E-state index contributed by atoms with van der Waals surface area (Å²) in [6, 6.07) is 12.7. The zero-order valence-electron chi connectivity index (χ0n) is 12.3. The Hall–Kier alpha value is -2.07. The maximum Gasteiger partial charge on any atom is 0.253 e. The number of benzene rings is 1. The molecular formula is C17H17ClN2O2. The molecule has 0 N–H and O–H groups in total. The number of carbonyl (C=O) groups excluding carboxylic acids is 1. The number of aromatic nitrogens is 1. The van der Waals surface area contributed by atoms with Crippen LogP contribution < -0.4 is 4.74 Å². The third kappa shape index (κ3) is 3.39. The fraction of sp³-hybridized carbons (Fsp3) is 0.294. The van der Waals surface area contributed by atoms with Crippen LogP contribution in [0.25, 0.3) is 0 Å². The molecule has 1 fully saturated rings. The van der Waals surface area contributed by atoms with Gasteiger partial charge in [-0.1, -0.05) is 17.7 Å². The van der Waals surface area contributed by atoms with Crippen LogP contribution in [0, 0.1) is 6.92 Å². The van der Waals surface area contributed by atoms with E-state index in [0.717, 1.165) is 12.1 Å². The van der Waals surface area contributed by atoms with E-state index in [2.05, 4.69) is 4.98 Å². The lowest BCUT2D eigenvalue weighted by atomic mass is 10.2. The standard InChI is InChI=1S/C17H17ClN2O2/c1-12-3-2-4-16(19-12)22-15-9-10-20(11-15)17(21)13-5-7-14(18)8-6-13/h2-8,15H,9-11H2,1H3. The van der Waals surface area contributed by atoms with E-state index in [0.29, 0.717) is 29.6 Å². The van der Waals surface area contributed by atoms with Crippen LogP contribution in [0.2, 0.25) is 5.02 Å². The maximum absolute atomic E-state index is 12.4. The smallest absolute Gasteiger partial charge is 0.253 e. The predicted molar refractivity (Wildman–Crippen MR) is 85.4 cm³/mol. The van der Waals surface area contributed by atoms with Gasteiger partial charge < -0.3 is 9.64 Å². The lowest BCUT2D eigenvalue weighted by Gasteiger charge is -2.17. The molecule has 1 aliphatic rings. The molecule has 1 atom stereocenters. The molecule has 0 bridgehead atoms. The minimum absolute atomic E-state index is 0.00875. The number of hydrogen-bond donors (Lipinski definition) is 0. The number of hydrogen-bond acceptors (Lipinski definition) is 3. The van der Waals surface area contributed by atoms with Gasteiger partial charge in [0.2, 0.25) is 5.88 Å². The summed E-state index contributed by atoms with van der Waals surface area (Å²) in [5.74, 6) is 0.630. The van der Waals surface area contributed by atoms with Gasteiger partial charge in [-0.05, 0) is 37.3 Å². The summed E-state index contributed by atoms with van der Waals surface area (Å²) in [6.07, 6.45) is 0.806. The number of amides is 1. The number of rotatable bonds is 3. The third-order valence-corrected chi connectivity index (χ3v) is 3.93. The Kier molecular flexibility index (Phi) is 4.29. The molecule has 4 nitrogen and oxygen atoms in total. The molecule has 2 heterocycles. The van der Waals surface area contributed by atoms with Gasteiger partial charge in [0.05, 0.1) is 6.54 Å². The van der Waals surface area contributed by atoms with Crippen LogP contribution in [0.4, 0.5) is 0 Å². The first kappa shape index (κ1) is 14.9. The predicted octanol–water partition coefficient (Wildman–Crippen LogP) is 3.34. The average molecular weight is 317 g/mol. The van der Waals surface area contributed by atoms with Crippen molar-refractivity contribution in [1.29, 1.82) is 0 Å². The molecule has 1 amide bonds. The first-order chi connectivity index (χ1) is 10.6. The van der Waals surface area contributed by atoms with Crippen molar-refractivity contribution in [3.05, 3.63) is 58.7 Å². The molecule has 114 valence electrons. The van der Waals surface area contributed by atoms with Gasteiger partial charge in [-0.25, -0.2) is 4.98 Å². The SMILES string of the molecule is Cc1cccc(OC2CCN(C(=O)c3ccc(Cl)cc3)C2)n1. The highest BCUT2D eigenvalue weighted by molar-refractivity contribution is 6.30. The number of halogens is 1. The van der Waals surface area contributed by atoms with Gasteiger partial charge in [0.25, 0.3) is 5.91 Å². The second kappa shape index (κ2) is 6.36. The van der Waals surface area contributed by atoms with E-state index in [-0.39, 0.29) is 12.0 Å². The van der Waals surface area contributed by atoms with Gasteiger partial charge in [0, 0.05) is 35.3 Å². The fourth-order valence-corrected chi connectivity index (χ4v) is 2.66. The summed E-state index contributed by atoms with van der Waals surface area (Å²) >= 11 is 5.85. The largest absolute Gasteiger partial charge is 0.472 e. The van der Waals surface area contributed by atoms with Crippen LogP contribution in [-0.2, 0) is 0 Å². The van der Waals surface area contributed by atoms with Crippen LogP contribution in [-0.4, -0.2) is 35.0 Å². The van der Waals surface area contributed by atoms with Crippen molar-refractivity contribution < 1.29 is 9.53 Å². The molecule has 1 aliphatic heterocycles. The maximum atomic E-state index is 12.4. The molecule has 3 rings (SSSR count). The van der Waals surface area contributed by atoms with Crippen LogP contribution >= 0.6 is 11.6 Å². The monoisotopic (exact) mass is 316 g/mol. The van der Waals surface area contributed by atoms with Crippen LogP contribution in [0.1, 0.15) is 22.5 Å². The molecule has 1 unspecified atom stereocenters. The summed E-state index contributed by atoms with van der Waals surface area (Å²) < 4.78 is 5.87.